The van der Waals surface area contributed by atoms with E-state index in [-0.39, 0.29) is 12.3 Å². The van der Waals surface area contributed by atoms with Crippen molar-refractivity contribution in [2.24, 2.45) is 0 Å². The minimum Gasteiger partial charge on any atom is -0.439 e. The van der Waals surface area contributed by atoms with Gasteiger partial charge in [-0.05, 0) is 48.0 Å². The van der Waals surface area contributed by atoms with E-state index in [2.05, 4.69) is 20.4 Å². The van der Waals surface area contributed by atoms with Crippen LogP contribution in [0.25, 0.3) is 5.82 Å². The number of carbonyl (C=O) groups excluding carboxylic acids is 1. The lowest BCUT2D eigenvalue weighted by molar-refractivity contribution is -0.137. The zero-order chi connectivity index (χ0) is 22.6. The molecule has 0 aliphatic carbocycles. The van der Waals surface area contributed by atoms with Crippen molar-refractivity contribution in [3.05, 3.63) is 90.5 Å². The smallest absolute Gasteiger partial charge is 0.416 e. The Kier molecular flexibility index (Phi) is 5.84. The number of benzene rings is 2. The SMILES string of the molecule is O=C(Cc1ccc(C(F)(F)F)cc1)Nc1ccc(Oc2cc(-n3cccn3)ncn2)cc1. The molecule has 0 atom stereocenters. The van der Waals surface area contributed by atoms with Crippen molar-refractivity contribution < 1.29 is 22.7 Å². The molecule has 0 saturated heterocycles. The van der Waals surface area contributed by atoms with Crippen LogP contribution in [0.1, 0.15) is 11.1 Å². The minimum atomic E-state index is -4.41. The Morgan fingerprint density at radius 2 is 1.78 bits per heavy atom. The maximum Gasteiger partial charge on any atom is 0.416 e. The molecule has 162 valence electrons. The van der Waals surface area contributed by atoms with E-state index in [1.54, 1.807) is 53.5 Å². The number of nitrogens with zero attached hydrogens (tertiary/aromatic N) is 4. The number of rotatable bonds is 6. The zero-order valence-electron chi connectivity index (χ0n) is 16.5. The van der Waals surface area contributed by atoms with Gasteiger partial charge in [-0.25, -0.2) is 14.6 Å². The Morgan fingerprint density at radius 3 is 2.44 bits per heavy atom. The van der Waals surface area contributed by atoms with Gasteiger partial charge in [-0.2, -0.15) is 18.3 Å². The number of hydrogen-bond donors (Lipinski definition) is 1. The third-order valence-corrected chi connectivity index (χ3v) is 4.37. The fourth-order valence-corrected chi connectivity index (χ4v) is 2.84. The average molecular weight is 439 g/mol. The van der Waals surface area contributed by atoms with Gasteiger partial charge in [0.05, 0.1) is 12.0 Å². The first-order chi connectivity index (χ1) is 15.4. The number of halogens is 3. The number of hydrogen-bond acceptors (Lipinski definition) is 5. The molecule has 1 amide bonds. The van der Waals surface area contributed by atoms with Gasteiger partial charge in [-0.15, -0.1) is 0 Å². The molecule has 0 saturated carbocycles. The summed E-state index contributed by atoms with van der Waals surface area (Å²) in [5.74, 6) is 1.02. The summed E-state index contributed by atoms with van der Waals surface area (Å²) in [6.45, 7) is 0. The van der Waals surface area contributed by atoms with Crippen LogP contribution in [-0.4, -0.2) is 25.7 Å². The number of anilines is 1. The van der Waals surface area contributed by atoms with Crippen LogP contribution in [0, 0.1) is 0 Å². The van der Waals surface area contributed by atoms with Gasteiger partial charge in [0.25, 0.3) is 0 Å². The van der Waals surface area contributed by atoms with E-state index in [1.165, 1.54) is 18.5 Å². The maximum atomic E-state index is 12.6. The zero-order valence-corrected chi connectivity index (χ0v) is 16.5. The molecule has 4 rings (SSSR count). The summed E-state index contributed by atoms with van der Waals surface area (Å²) in [5, 5.41) is 6.80. The van der Waals surface area contributed by atoms with Crippen molar-refractivity contribution in [1.29, 1.82) is 0 Å². The summed E-state index contributed by atoms with van der Waals surface area (Å²) in [6.07, 6.45) is 0.286. The van der Waals surface area contributed by atoms with E-state index >= 15 is 0 Å². The topological polar surface area (TPSA) is 81.9 Å². The number of nitrogens with one attached hydrogen (secondary N) is 1. The number of ether oxygens (including phenoxy) is 1. The highest BCUT2D eigenvalue weighted by molar-refractivity contribution is 5.92. The van der Waals surface area contributed by atoms with Gasteiger partial charge >= 0.3 is 6.18 Å². The monoisotopic (exact) mass is 439 g/mol. The van der Waals surface area contributed by atoms with Crippen molar-refractivity contribution >= 4 is 11.6 Å². The third kappa shape index (κ3) is 5.28. The van der Waals surface area contributed by atoms with E-state index in [0.717, 1.165) is 12.1 Å². The average Bonchev–Trinajstić information content (AvgIpc) is 3.30. The molecule has 2 heterocycles. The summed E-state index contributed by atoms with van der Waals surface area (Å²) in [4.78, 5) is 20.4. The number of alkyl halides is 3. The molecular weight excluding hydrogens is 423 g/mol. The second-order valence-electron chi connectivity index (χ2n) is 6.71. The Balaban J connectivity index is 1.35. The van der Waals surface area contributed by atoms with Gasteiger partial charge in [0.15, 0.2) is 5.82 Å². The van der Waals surface area contributed by atoms with Crippen molar-refractivity contribution in [3.63, 3.8) is 0 Å². The second-order valence-corrected chi connectivity index (χ2v) is 6.71. The molecule has 32 heavy (non-hydrogen) atoms. The van der Waals surface area contributed by atoms with Gasteiger partial charge < -0.3 is 10.1 Å². The Labute approximate surface area is 180 Å². The molecule has 2 aromatic carbocycles. The standard InChI is InChI=1S/C22H16F3N5O2/c23-22(24,25)16-4-2-15(3-5-16)12-20(31)29-17-6-8-18(9-7-17)32-21-13-19(26-14-27-21)30-11-1-10-28-30/h1-11,13-14H,12H2,(H,29,31). The Hall–Kier alpha value is -4.21. The van der Waals surface area contributed by atoms with Crippen LogP contribution in [0.3, 0.4) is 0 Å². The van der Waals surface area contributed by atoms with Gasteiger partial charge in [0, 0.05) is 24.1 Å². The van der Waals surface area contributed by atoms with Crippen molar-refractivity contribution in [3.8, 4) is 17.4 Å². The number of aromatic nitrogens is 4. The molecule has 0 aliphatic heterocycles. The normalized spacial score (nSPS) is 11.2. The third-order valence-electron chi connectivity index (χ3n) is 4.37. The largest absolute Gasteiger partial charge is 0.439 e. The molecule has 1 N–H and O–H groups in total. The highest BCUT2D eigenvalue weighted by Crippen LogP contribution is 2.29. The molecule has 4 aromatic rings. The Morgan fingerprint density at radius 1 is 1.03 bits per heavy atom. The molecule has 0 aliphatic rings. The highest BCUT2D eigenvalue weighted by atomic mass is 19.4. The molecular formula is C22H16F3N5O2. The summed E-state index contributed by atoms with van der Waals surface area (Å²) in [6, 6.07) is 14.5. The van der Waals surface area contributed by atoms with Crippen LogP contribution >= 0.6 is 0 Å². The molecule has 10 heteroatoms. The first kappa shape index (κ1) is 21.0. The Bertz CT molecular complexity index is 1190. The van der Waals surface area contributed by atoms with Crippen molar-refractivity contribution in [2.45, 2.75) is 12.6 Å². The minimum absolute atomic E-state index is 0.0481. The van der Waals surface area contributed by atoms with Crippen LogP contribution in [0.15, 0.2) is 79.4 Å². The summed E-state index contributed by atoms with van der Waals surface area (Å²) in [5.41, 5.74) is 0.249. The molecule has 7 nitrogen and oxygen atoms in total. The first-order valence-electron chi connectivity index (χ1n) is 9.43. The van der Waals surface area contributed by atoms with Gasteiger partial charge in [0.1, 0.15) is 12.1 Å². The first-order valence-corrected chi connectivity index (χ1v) is 9.43. The van der Waals surface area contributed by atoms with Crippen LogP contribution < -0.4 is 10.1 Å². The molecule has 0 fully saturated rings. The molecule has 0 spiro atoms. The van der Waals surface area contributed by atoms with E-state index in [4.69, 9.17) is 4.74 Å². The van der Waals surface area contributed by atoms with Crippen molar-refractivity contribution in [1.82, 2.24) is 19.7 Å². The molecule has 0 bridgehead atoms. The fraction of sp³-hybridized carbons (Fsp3) is 0.0909. The van der Waals surface area contributed by atoms with E-state index < -0.39 is 11.7 Å². The number of carbonyl (C=O) groups is 1. The van der Waals surface area contributed by atoms with Gasteiger partial charge in [0.2, 0.25) is 11.8 Å². The van der Waals surface area contributed by atoms with Crippen LogP contribution in [0.5, 0.6) is 11.6 Å². The maximum absolute atomic E-state index is 12.6. The fourth-order valence-electron chi connectivity index (χ4n) is 2.84. The summed E-state index contributed by atoms with van der Waals surface area (Å²) >= 11 is 0. The highest BCUT2D eigenvalue weighted by Gasteiger charge is 2.29. The molecule has 0 radical (unpaired) electrons. The summed E-state index contributed by atoms with van der Waals surface area (Å²) < 4.78 is 45.2. The van der Waals surface area contributed by atoms with Gasteiger partial charge in [-0.1, -0.05) is 12.1 Å². The van der Waals surface area contributed by atoms with Crippen molar-refractivity contribution in [2.75, 3.05) is 5.32 Å². The number of amides is 1. The van der Waals surface area contributed by atoms with Gasteiger partial charge in [-0.3, -0.25) is 4.79 Å². The quantitative estimate of drug-likeness (QED) is 0.473. The molecule has 2 aromatic heterocycles. The summed E-state index contributed by atoms with van der Waals surface area (Å²) in [7, 11) is 0. The van der Waals surface area contributed by atoms with E-state index in [9.17, 15) is 18.0 Å². The predicted molar refractivity (Wildman–Crippen MR) is 109 cm³/mol. The lowest BCUT2D eigenvalue weighted by atomic mass is 10.1. The lowest BCUT2D eigenvalue weighted by Gasteiger charge is -2.09. The van der Waals surface area contributed by atoms with E-state index in [0.29, 0.717) is 28.7 Å². The van der Waals surface area contributed by atoms with Crippen LogP contribution in [0.4, 0.5) is 18.9 Å². The van der Waals surface area contributed by atoms with Crippen LogP contribution in [0.2, 0.25) is 0 Å². The second kappa shape index (κ2) is 8.88. The molecule has 0 unspecified atom stereocenters. The lowest BCUT2D eigenvalue weighted by Crippen LogP contribution is -2.14. The van der Waals surface area contributed by atoms with Crippen LogP contribution in [-0.2, 0) is 17.4 Å². The predicted octanol–water partition coefficient (Wildman–Crippen LogP) is 4.65. The van der Waals surface area contributed by atoms with E-state index in [1.807, 2.05) is 0 Å².